The summed E-state index contributed by atoms with van der Waals surface area (Å²) in [6.45, 7) is 14.5. The van der Waals surface area contributed by atoms with E-state index in [1.165, 1.54) is 121 Å². The number of aliphatic hydroxyl groups is 3. The molecule has 0 aromatic heterocycles. The van der Waals surface area contributed by atoms with Gasteiger partial charge in [-0.05, 0) is 77.3 Å². The molecular formula is C43H87NO5. The molecule has 1 unspecified atom stereocenters. The van der Waals surface area contributed by atoms with Gasteiger partial charge in [0, 0.05) is 19.6 Å². The molecule has 0 rings (SSSR count). The smallest absolute Gasteiger partial charge is 0.154 e. The van der Waals surface area contributed by atoms with Crippen molar-refractivity contribution in [3.8, 4) is 0 Å². The van der Waals surface area contributed by atoms with E-state index in [2.05, 4.69) is 32.3 Å². The SMILES string of the molecule is C=C(CCCCCCCN(CCO)CCCCC(O)OC(CCCCCCCCC)CCCCCCCCC)CC[C@H](O)OCCCCC. The van der Waals surface area contributed by atoms with Crippen LogP contribution in [0.5, 0.6) is 0 Å². The molecule has 0 aliphatic rings. The highest BCUT2D eigenvalue weighted by Crippen LogP contribution is 2.20. The zero-order chi connectivity index (χ0) is 36.0. The van der Waals surface area contributed by atoms with Gasteiger partial charge in [-0.25, -0.2) is 0 Å². The molecule has 294 valence electrons. The number of hydrogen-bond acceptors (Lipinski definition) is 6. The maximum atomic E-state index is 10.8. The largest absolute Gasteiger partial charge is 0.395 e. The standard InChI is InChI=1S/C43H87NO5/c1-5-8-11-13-15-19-23-30-41(31-24-20-16-14-12-9-6-2)49-43(47)32-25-27-36-44(37-38-45)35-26-21-17-18-22-29-40(4)33-34-42(46)48-39-28-10-7-3/h41-43,45-47H,4-39H2,1-3H3/t42-,43?/m1/s1. The lowest BCUT2D eigenvalue weighted by Crippen LogP contribution is -2.29. The maximum absolute atomic E-state index is 10.8. The van der Waals surface area contributed by atoms with Gasteiger partial charge in [0.15, 0.2) is 12.6 Å². The Balaban J connectivity index is 4.16. The minimum Gasteiger partial charge on any atom is -0.395 e. The van der Waals surface area contributed by atoms with Crippen LogP contribution in [0, 0.1) is 0 Å². The van der Waals surface area contributed by atoms with Crippen molar-refractivity contribution in [2.24, 2.45) is 0 Å². The van der Waals surface area contributed by atoms with E-state index < -0.39 is 12.6 Å². The molecule has 0 amide bonds. The number of nitrogens with zero attached hydrogens (tertiary/aromatic N) is 1. The van der Waals surface area contributed by atoms with Gasteiger partial charge in [0.2, 0.25) is 0 Å². The average Bonchev–Trinajstić information content (AvgIpc) is 3.09. The number of hydrogen-bond donors (Lipinski definition) is 3. The van der Waals surface area contributed by atoms with E-state index in [1.54, 1.807) is 0 Å². The van der Waals surface area contributed by atoms with Crippen LogP contribution < -0.4 is 0 Å². The summed E-state index contributed by atoms with van der Waals surface area (Å²) in [6, 6.07) is 0. The summed E-state index contributed by atoms with van der Waals surface area (Å²) in [7, 11) is 0. The summed E-state index contributed by atoms with van der Waals surface area (Å²) in [4.78, 5) is 2.38. The lowest BCUT2D eigenvalue weighted by Gasteiger charge is -2.23. The molecule has 6 heteroatoms. The first kappa shape index (κ1) is 48.5. The van der Waals surface area contributed by atoms with E-state index in [9.17, 15) is 15.3 Å². The molecule has 0 heterocycles. The minimum atomic E-state index is -0.657. The van der Waals surface area contributed by atoms with Crippen molar-refractivity contribution < 1.29 is 24.8 Å². The fourth-order valence-corrected chi connectivity index (χ4v) is 6.71. The van der Waals surface area contributed by atoms with Gasteiger partial charge in [-0.1, -0.05) is 155 Å². The van der Waals surface area contributed by atoms with Crippen molar-refractivity contribution in [1.82, 2.24) is 4.90 Å². The van der Waals surface area contributed by atoms with E-state index in [1.807, 2.05) is 0 Å². The van der Waals surface area contributed by atoms with Crippen LogP contribution in [0.2, 0.25) is 0 Å². The van der Waals surface area contributed by atoms with Crippen molar-refractivity contribution in [3.63, 3.8) is 0 Å². The van der Waals surface area contributed by atoms with Gasteiger partial charge in [-0.3, -0.25) is 0 Å². The summed E-state index contributed by atoms with van der Waals surface area (Å²) in [6.07, 6.45) is 34.0. The van der Waals surface area contributed by atoms with E-state index >= 15 is 0 Å². The molecule has 0 aliphatic carbocycles. The Kier molecular flexibility index (Phi) is 38.3. The van der Waals surface area contributed by atoms with Crippen LogP contribution in [0.25, 0.3) is 0 Å². The topological polar surface area (TPSA) is 82.4 Å². The third-order valence-electron chi connectivity index (χ3n) is 10.0. The molecule has 0 spiro atoms. The number of unbranched alkanes of at least 4 members (excludes halogenated alkanes) is 19. The summed E-state index contributed by atoms with van der Waals surface area (Å²) < 4.78 is 11.7. The van der Waals surface area contributed by atoms with Crippen LogP contribution in [0.4, 0.5) is 0 Å². The second-order valence-corrected chi connectivity index (χ2v) is 14.9. The number of aliphatic hydroxyl groups excluding tert-OH is 3. The fourth-order valence-electron chi connectivity index (χ4n) is 6.71. The van der Waals surface area contributed by atoms with Crippen molar-refractivity contribution in [3.05, 3.63) is 12.2 Å². The Bertz CT molecular complexity index is 644. The molecular weight excluding hydrogens is 610 g/mol. The molecule has 0 radical (unpaired) electrons. The van der Waals surface area contributed by atoms with Gasteiger partial charge in [0.25, 0.3) is 0 Å². The summed E-state index contributed by atoms with van der Waals surface area (Å²) in [5.74, 6) is 0. The van der Waals surface area contributed by atoms with Crippen LogP contribution in [0.3, 0.4) is 0 Å². The zero-order valence-corrected chi connectivity index (χ0v) is 33.3. The third-order valence-corrected chi connectivity index (χ3v) is 10.0. The van der Waals surface area contributed by atoms with E-state index in [-0.39, 0.29) is 12.7 Å². The molecule has 49 heavy (non-hydrogen) atoms. The first-order valence-electron chi connectivity index (χ1n) is 21.6. The summed E-state index contributed by atoms with van der Waals surface area (Å²) in [5, 5.41) is 30.4. The van der Waals surface area contributed by atoms with Gasteiger partial charge in [0.05, 0.1) is 12.7 Å². The Labute approximate surface area is 306 Å². The van der Waals surface area contributed by atoms with E-state index in [0.29, 0.717) is 19.4 Å². The summed E-state index contributed by atoms with van der Waals surface area (Å²) >= 11 is 0. The highest BCUT2D eigenvalue weighted by atomic mass is 16.6. The normalized spacial score (nSPS) is 13.1. The zero-order valence-electron chi connectivity index (χ0n) is 33.3. The molecule has 6 nitrogen and oxygen atoms in total. The minimum absolute atomic E-state index is 0.192. The van der Waals surface area contributed by atoms with Crippen LogP contribution in [0.15, 0.2) is 12.2 Å². The molecule has 0 aliphatic heterocycles. The van der Waals surface area contributed by atoms with Gasteiger partial charge in [0.1, 0.15) is 0 Å². The van der Waals surface area contributed by atoms with Gasteiger partial charge in [-0.2, -0.15) is 0 Å². The number of ether oxygens (including phenoxy) is 2. The number of allylic oxidation sites excluding steroid dienone is 1. The van der Waals surface area contributed by atoms with Crippen molar-refractivity contribution in [2.75, 3.05) is 32.8 Å². The average molecular weight is 698 g/mol. The van der Waals surface area contributed by atoms with Gasteiger partial charge in [-0.15, -0.1) is 0 Å². The third kappa shape index (κ3) is 35.7. The second kappa shape index (κ2) is 38.7. The van der Waals surface area contributed by atoms with Gasteiger partial charge < -0.3 is 29.7 Å². The molecule has 0 aromatic rings. The van der Waals surface area contributed by atoms with Crippen LogP contribution in [-0.4, -0.2) is 71.8 Å². The lowest BCUT2D eigenvalue weighted by molar-refractivity contribution is -0.144. The molecule has 0 fully saturated rings. The first-order chi connectivity index (χ1) is 24.0. The maximum Gasteiger partial charge on any atom is 0.154 e. The van der Waals surface area contributed by atoms with Crippen molar-refractivity contribution >= 4 is 0 Å². The molecule has 0 bridgehead atoms. The predicted octanol–water partition coefficient (Wildman–Crippen LogP) is 11.6. The Morgan fingerprint density at radius 2 is 0.980 bits per heavy atom. The van der Waals surface area contributed by atoms with Crippen LogP contribution in [0.1, 0.15) is 213 Å². The Morgan fingerprint density at radius 3 is 1.55 bits per heavy atom. The Morgan fingerprint density at radius 1 is 0.510 bits per heavy atom. The first-order valence-corrected chi connectivity index (χ1v) is 21.6. The highest BCUT2D eigenvalue weighted by Gasteiger charge is 2.15. The lowest BCUT2D eigenvalue weighted by atomic mass is 10.0. The van der Waals surface area contributed by atoms with Crippen molar-refractivity contribution in [2.45, 2.75) is 232 Å². The molecule has 0 aromatic carbocycles. The highest BCUT2D eigenvalue weighted by molar-refractivity contribution is 4.93. The van der Waals surface area contributed by atoms with Crippen LogP contribution in [-0.2, 0) is 9.47 Å². The summed E-state index contributed by atoms with van der Waals surface area (Å²) in [5.41, 5.74) is 1.22. The molecule has 0 saturated heterocycles. The van der Waals surface area contributed by atoms with E-state index in [4.69, 9.17) is 9.47 Å². The van der Waals surface area contributed by atoms with Gasteiger partial charge >= 0.3 is 0 Å². The quantitative estimate of drug-likeness (QED) is 0.0335. The molecule has 0 saturated carbocycles. The predicted molar refractivity (Wildman–Crippen MR) is 211 cm³/mol. The van der Waals surface area contributed by atoms with E-state index in [0.717, 1.165) is 83.8 Å². The Hall–Kier alpha value is -0.500. The number of rotatable bonds is 41. The molecule has 2 atom stereocenters. The monoisotopic (exact) mass is 698 g/mol. The second-order valence-electron chi connectivity index (χ2n) is 14.9. The molecule has 3 N–H and O–H groups in total. The van der Waals surface area contributed by atoms with Crippen molar-refractivity contribution in [1.29, 1.82) is 0 Å². The fraction of sp³-hybridized carbons (Fsp3) is 0.953. The van der Waals surface area contributed by atoms with Crippen LogP contribution >= 0.6 is 0 Å².